The number of nitrogens with zero attached hydrogens (tertiary/aromatic N) is 2. The van der Waals surface area contributed by atoms with Crippen molar-refractivity contribution in [3.63, 3.8) is 0 Å². The third-order valence-electron chi connectivity index (χ3n) is 4.69. The Morgan fingerprint density at radius 3 is 2.25 bits per heavy atom. The van der Waals surface area contributed by atoms with Gasteiger partial charge in [0.1, 0.15) is 0 Å². The molecular formula is C14H29N3O2S. The summed E-state index contributed by atoms with van der Waals surface area (Å²) in [6.07, 6.45) is 5.09. The van der Waals surface area contributed by atoms with E-state index >= 15 is 0 Å². The highest BCUT2D eigenvalue weighted by Crippen LogP contribution is 2.24. The van der Waals surface area contributed by atoms with E-state index in [9.17, 15) is 8.42 Å². The summed E-state index contributed by atoms with van der Waals surface area (Å²) in [4.78, 5) is 0. The zero-order valence-electron chi connectivity index (χ0n) is 12.8. The zero-order valence-corrected chi connectivity index (χ0v) is 13.7. The molecule has 2 aliphatic rings. The second-order valence-corrected chi connectivity index (χ2v) is 8.27. The first-order valence-corrected chi connectivity index (χ1v) is 9.33. The van der Waals surface area contributed by atoms with Crippen LogP contribution in [0.25, 0.3) is 0 Å². The Labute approximate surface area is 123 Å². The van der Waals surface area contributed by atoms with Gasteiger partial charge in [0.2, 0.25) is 0 Å². The summed E-state index contributed by atoms with van der Waals surface area (Å²) in [5.74, 6) is 1.27. The van der Waals surface area contributed by atoms with Gasteiger partial charge in [-0.15, -0.1) is 0 Å². The maximum Gasteiger partial charge on any atom is 0.281 e. The van der Waals surface area contributed by atoms with E-state index in [1.807, 2.05) is 7.05 Å². The Morgan fingerprint density at radius 2 is 1.60 bits per heavy atom. The Morgan fingerprint density at radius 1 is 1.00 bits per heavy atom. The molecule has 0 bridgehead atoms. The van der Waals surface area contributed by atoms with Crippen molar-refractivity contribution in [3.8, 4) is 0 Å². The standard InChI is InChI=1S/C14H29N3O2S/c1-13-4-3-8-16(9-5-13)20(18,19)17-10-6-14(7-11-17)12-15-2/h13-15H,3-12H2,1-2H3. The molecule has 2 aliphatic heterocycles. The van der Waals surface area contributed by atoms with Gasteiger partial charge in [-0.1, -0.05) is 6.92 Å². The maximum absolute atomic E-state index is 12.7. The highest BCUT2D eigenvalue weighted by Gasteiger charge is 2.33. The lowest BCUT2D eigenvalue weighted by atomic mass is 9.98. The Bertz CT molecular complexity index is 391. The highest BCUT2D eigenvalue weighted by molar-refractivity contribution is 7.86. The fraction of sp³-hybridized carbons (Fsp3) is 1.00. The van der Waals surface area contributed by atoms with E-state index in [4.69, 9.17) is 0 Å². The van der Waals surface area contributed by atoms with Crippen LogP contribution in [0.2, 0.25) is 0 Å². The van der Waals surface area contributed by atoms with Gasteiger partial charge in [0, 0.05) is 26.2 Å². The molecule has 2 saturated heterocycles. The van der Waals surface area contributed by atoms with Gasteiger partial charge >= 0.3 is 0 Å². The molecule has 1 unspecified atom stereocenters. The smallest absolute Gasteiger partial charge is 0.281 e. The van der Waals surface area contributed by atoms with Crippen LogP contribution in [0.5, 0.6) is 0 Å². The molecule has 0 spiro atoms. The first kappa shape index (κ1) is 16.2. The van der Waals surface area contributed by atoms with Crippen LogP contribution in [0.1, 0.15) is 39.0 Å². The first-order chi connectivity index (χ1) is 9.54. The van der Waals surface area contributed by atoms with Crippen molar-refractivity contribution in [1.29, 1.82) is 0 Å². The summed E-state index contributed by atoms with van der Waals surface area (Å²) in [6.45, 7) is 5.97. The summed E-state index contributed by atoms with van der Waals surface area (Å²) in [7, 11) is -1.26. The minimum Gasteiger partial charge on any atom is -0.319 e. The number of hydrogen-bond donors (Lipinski definition) is 1. The fourth-order valence-corrected chi connectivity index (χ4v) is 4.96. The van der Waals surface area contributed by atoms with Crippen molar-refractivity contribution < 1.29 is 8.42 Å². The summed E-state index contributed by atoms with van der Waals surface area (Å²) in [5, 5.41) is 3.19. The molecule has 2 heterocycles. The predicted octanol–water partition coefficient (Wildman–Crippen LogP) is 1.28. The van der Waals surface area contributed by atoms with E-state index < -0.39 is 10.2 Å². The van der Waals surface area contributed by atoms with E-state index in [-0.39, 0.29) is 0 Å². The molecule has 0 amide bonds. The van der Waals surface area contributed by atoms with Gasteiger partial charge in [-0.3, -0.25) is 0 Å². The molecular weight excluding hydrogens is 274 g/mol. The van der Waals surface area contributed by atoms with Crippen molar-refractivity contribution in [3.05, 3.63) is 0 Å². The van der Waals surface area contributed by atoms with Gasteiger partial charge in [-0.05, 0) is 57.5 Å². The summed E-state index contributed by atoms with van der Waals surface area (Å²) in [6, 6.07) is 0. The molecule has 20 heavy (non-hydrogen) atoms. The monoisotopic (exact) mass is 303 g/mol. The number of rotatable bonds is 4. The van der Waals surface area contributed by atoms with E-state index in [1.54, 1.807) is 8.61 Å². The molecule has 2 rings (SSSR count). The number of nitrogens with one attached hydrogen (secondary N) is 1. The second-order valence-electron chi connectivity index (χ2n) is 6.34. The van der Waals surface area contributed by atoms with Crippen LogP contribution in [0.4, 0.5) is 0 Å². The van der Waals surface area contributed by atoms with Crippen molar-refractivity contribution in [1.82, 2.24) is 13.9 Å². The molecule has 1 N–H and O–H groups in total. The Balaban J connectivity index is 1.93. The molecule has 0 aromatic rings. The third kappa shape index (κ3) is 3.93. The minimum absolute atomic E-state index is 0.621. The van der Waals surface area contributed by atoms with E-state index in [0.717, 1.165) is 38.6 Å². The number of piperidine rings is 1. The molecule has 5 nitrogen and oxygen atoms in total. The number of hydrogen-bond acceptors (Lipinski definition) is 3. The highest BCUT2D eigenvalue weighted by atomic mass is 32.2. The van der Waals surface area contributed by atoms with E-state index in [2.05, 4.69) is 12.2 Å². The lowest BCUT2D eigenvalue weighted by molar-refractivity contribution is 0.252. The zero-order chi connectivity index (χ0) is 14.6. The third-order valence-corrected chi connectivity index (χ3v) is 6.73. The quantitative estimate of drug-likeness (QED) is 0.851. The second kappa shape index (κ2) is 7.20. The molecule has 118 valence electrons. The Kier molecular flexibility index (Phi) is 5.84. The van der Waals surface area contributed by atoms with Crippen LogP contribution in [-0.2, 0) is 10.2 Å². The maximum atomic E-state index is 12.7. The Hall–Kier alpha value is -0.170. The van der Waals surface area contributed by atoms with Crippen LogP contribution >= 0.6 is 0 Å². The molecule has 0 aliphatic carbocycles. The van der Waals surface area contributed by atoms with Crippen LogP contribution in [0.15, 0.2) is 0 Å². The van der Waals surface area contributed by atoms with Gasteiger partial charge in [0.15, 0.2) is 0 Å². The summed E-state index contributed by atoms with van der Waals surface area (Å²) < 4.78 is 28.8. The molecule has 0 aromatic carbocycles. The average Bonchev–Trinajstić information content (AvgIpc) is 2.65. The SMILES string of the molecule is CNCC1CCN(S(=O)(=O)N2CCCC(C)CC2)CC1. The summed E-state index contributed by atoms with van der Waals surface area (Å²) in [5.41, 5.74) is 0. The van der Waals surface area contributed by atoms with Gasteiger partial charge in [0.05, 0.1) is 0 Å². The molecule has 2 fully saturated rings. The van der Waals surface area contributed by atoms with Crippen LogP contribution in [-0.4, -0.2) is 56.8 Å². The average molecular weight is 303 g/mol. The van der Waals surface area contributed by atoms with Crippen LogP contribution < -0.4 is 5.32 Å². The van der Waals surface area contributed by atoms with E-state index in [1.165, 1.54) is 0 Å². The van der Waals surface area contributed by atoms with Gasteiger partial charge < -0.3 is 5.32 Å². The van der Waals surface area contributed by atoms with Crippen molar-refractivity contribution in [2.45, 2.75) is 39.0 Å². The van der Waals surface area contributed by atoms with Crippen LogP contribution in [0, 0.1) is 11.8 Å². The van der Waals surface area contributed by atoms with Crippen LogP contribution in [0.3, 0.4) is 0 Å². The first-order valence-electron chi connectivity index (χ1n) is 7.94. The van der Waals surface area contributed by atoms with Crippen molar-refractivity contribution in [2.75, 3.05) is 39.8 Å². The van der Waals surface area contributed by atoms with Crippen molar-refractivity contribution in [2.24, 2.45) is 11.8 Å². The molecule has 0 aromatic heterocycles. The van der Waals surface area contributed by atoms with Crippen molar-refractivity contribution >= 4 is 10.2 Å². The predicted molar refractivity (Wildman–Crippen MR) is 81.7 cm³/mol. The largest absolute Gasteiger partial charge is 0.319 e. The molecule has 6 heteroatoms. The fourth-order valence-electron chi connectivity index (χ4n) is 3.26. The summed E-state index contributed by atoms with van der Waals surface area (Å²) >= 11 is 0. The van der Waals surface area contributed by atoms with E-state index in [0.29, 0.717) is 38.0 Å². The van der Waals surface area contributed by atoms with Gasteiger partial charge in [-0.2, -0.15) is 17.0 Å². The lowest BCUT2D eigenvalue weighted by Gasteiger charge is -2.34. The molecule has 0 saturated carbocycles. The normalized spacial score (nSPS) is 28.4. The molecule has 1 atom stereocenters. The lowest BCUT2D eigenvalue weighted by Crippen LogP contribution is -2.48. The topological polar surface area (TPSA) is 52.7 Å². The van der Waals surface area contributed by atoms with Gasteiger partial charge in [0.25, 0.3) is 10.2 Å². The minimum atomic E-state index is -3.22. The molecule has 0 radical (unpaired) electrons. The van der Waals surface area contributed by atoms with Gasteiger partial charge in [-0.25, -0.2) is 0 Å².